The third kappa shape index (κ3) is 2.49. The normalized spacial score (nSPS) is 24.3. The van der Waals surface area contributed by atoms with Crippen molar-refractivity contribution in [2.24, 2.45) is 0 Å². The van der Waals surface area contributed by atoms with Crippen LogP contribution in [0.1, 0.15) is 24.5 Å². The van der Waals surface area contributed by atoms with Gasteiger partial charge in [0.2, 0.25) is 0 Å². The summed E-state index contributed by atoms with van der Waals surface area (Å²) in [5.74, 6) is 0. The third-order valence-electron chi connectivity index (χ3n) is 4.71. The van der Waals surface area contributed by atoms with Gasteiger partial charge in [-0.25, -0.2) is 0 Å². The molecule has 2 heterocycles. The van der Waals surface area contributed by atoms with E-state index in [2.05, 4.69) is 47.3 Å². The van der Waals surface area contributed by atoms with Gasteiger partial charge in [-0.1, -0.05) is 19.1 Å². The molecule has 2 aliphatic heterocycles. The highest BCUT2D eigenvalue weighted by Gasteiger charge is 2.25. The minimum atomic E-state index is 0.696. The Morgan fingerprint density at radius 2 is 2.21 bits per heavy atom. The molecule has 0 spiro atoms. The molecule has 0 aromatic heterocycles. The number of likely N-dealkylation sites (N-methyl/N-ethyl adjacent to an activating group) is 1. The van der Waals surface area contributed by atoms with E-state index < -0.39 is 0 Å². The highest BCUT2D eigenvalue weighted by Crippen LogP contribution is 2.28. The Morgan fingerprint density at radius 1 is 1.32 bits per heavy atom. The lowest BCUT2D eigenvalue weighted by atomic mass is 9.97. The molecule has 3 nitrogen and oxygen atoms in total. The van der Waals surface area contributed by atoms with Crippen LogP contribution >= 0.6 is 0 Å². The summed E-state index contributed by atoms with van der Waals surface area (Å²) in [6, 6.07) is 7.54. The molecule has 1 fully saturated rings. The van der Waals surface area contributed by atoms with E-state index in [0.29, 0.717) is 6.04 Å². The van der Waals surface area contributed by atoms with Gasteiger partial charge in [0.1, 0.15) is 0 Å². The topological polar surface area (TPSA) is 18.5 Å². The minimum Gasteiger partial charge on any atom is -0.368 e. The van der Waals surface area contributed by atoms with E-state index in [1.165, 1.54) is 37.2 Å². The molecule has 0 saturated carbocycles. The van der Waals surface area contributed by atoms with Crippen LogP contribution in [0, 0.1) is 0 Å². The van der Waals surface area contributed by atoms with Crippen LogP contribution in [0.4, 0.5) is 5.69 Å². The molecule has 0 aliphatic carbocycles. The maximum Gasteiger partial charge on any atom is 0.0415 e. The summed E-state index contributed by atoms with van der Waals surface area (Å²) in [6.45, 7) is 7.96. The summed E-state index contributed by atoms with van der Waals surface area (Å²) in [6.07, 6.45) is 2.41. The zero-order valence-corrected chi connectivity index (χ0v) is 12.2. The van der Waals surface area contributed by atoms with Crippen molar-refractivity contribution in [2.45, 2.75) is 32.4 Å². The van der Waals surface area contributed by atoms with Crippen molar-refractivity contribution in [3.8, 4) is 0 Å². The van der Waals surface area contributed by atoms with E-state index in [1.807, 2.05) is 0 Å². The first kappa shape index (κ1) is 12.9. The molecule has 1 atom stereocenters. The fourth-order valence-electron chi connectivity index (χ4n) is 3.40. The number of piperazine rings is 1. The van der Waals surface area contributed by atoms with E-state index in [-0.39, 0.29) is 0 Å². The summed E-state index contributed by atoms with van der Waals surface area (Å²) in [4.78, 5) is 5.10. The van der Waals surface area contributed by atoms with Gasteiger partial charge in [0.15, 0.2) is 0 Å². The lowest BCUT2D eigenvalue weighted by Gasteiger charge is -2.41. The molecule has 3 heteroatoms. The van der Waals surface area contributed by atoms with Gasteiger partial charge in [-0.05, 0) is 43.6 Å². The van der Waals surface area contributed by atoms with Crippen LogP contribution in [0.15, 0.2) is 18.2 Å². The fraction of sp³-hybridized carbons (Fsp3) is 0.625. The summed E-state index contributed by atoms with van der Waals surface area (Å²) in [5.41, 5.74) is 4.55. The monoisotopic (exact) mass is 259 g/mol. The second-order valence-electron chi connectivity index (χ2n) is 5.83. The first-order valence-corrected chi connectivity index (χ1v) is 7.56. The van der Waals surface area contributed by atoms with Gasteiger partial charge < -0.3 is 10.2 Å². The Balaban J connectivity index is 1.86. The smallest absolute Gasteiger partial charge is 0.0415 e. The average molecular weight is 259 g/mol. The number of benzene rings is 1. The van der Waals surface area contributed by atoms with Crippen LogP contribution in [-0.4, -0.2) is 44.2 Å². The van der Waals surface area contributed by atoms with Crippen molar-refractivity contribution >= 4 is 5.69 Å². The minimum absolute atomic E-state index is 0.696. The van der Waals surface area contributed by atoms with Crippen LogP contribution in [0.3, 0.4) is 0 Å². The van der Waals surface area contributed by atoms with Crippen molar-refractivity contribution in [1.82, 2.24) is 10.2 Å². The molecule has 1 aromatic carbocycles. The van der Waals surface area contributed by atoms with E-state index in [1.54, 1.807) is 5.56 Å². The third-order valence-corrected chi connectivity index (χ3v) is 4.71. The van der Waals surface area contributed by atoms with Gasteiger partial charge >= 0.3 is 0 Å². The Bertz CT molecular complexity index is 444. The van der Waals surface area contributed by atoms with E-state index in [9.17, 15) is 0 Å². The molecule has 0 bridgehead atoms. The molecule has 2 aliphatic rings. The van der Waals surface area contributed by atoms with Crippen molar-refractivity contribution < 1.29 is 0 Å². The Hall–Kier alpha value is -1.06. The zero-order valence-electron chi connectivity index (χ0n) is 12.2. The fourth-order valence-corrected chi connectivity index (χ4v) is 3.40. The van der Waals surface area contributed by atoms with Gasteiger partial charge in [0.05, 0.1) is 0 Å². The first-order valence-electron chi connectivity index (χ1n) is 7.56. The van der Waals surface area contributed by atoms with Gasteiger partial charge in [-0.3, -0.25) is 4.90 Å². The molecule has 0 radical (unpaired) electrons. The Labute approximate surface area is 116 Å². The van der Waals surface area contributed by atoms with Gasteiger partial charge in [0.25, 0.3) is 0 Å². The highest BCUT2D eigenvalue weighted by molar-refractivity contribution is 5.58. The average Bonchev–Trinajstić information content (AvgIpc) is 2.47. The number of rotatable bonds is 2. The van der Waals surface area contributed by atoms with E-state index in [4.69, 9.17) is 0 Å². The van der Waals surface area contributed by atoms with Gasteiger partial charge in [0, 0.05) is 37.9 Å². The van der Waals surface area contributed by atoms with Crippen molar-refractivity contribution in [2.75, 3.05) is 38.1 Å². The second-order valence-corrected chi connectivity index (χ2v) is 5.83. The molecular formula is C16H25N3. The molecule has 3 rings (SSSR count). The lowest BCUT2D eigenvalue weighted by Crippen LogP contribution is -2.51. The maximum absolute atomic E-state index is 3.52. The van der Waals surface area contributed by atoms with Crippen LogP contribution in [0.2, 0.25) is 0 Å². The molecule has 1 N–H and O–H groups in total. The van der Waals surface area contributed by atoms with Crippen molar-refractivity contribution in [3.05, 3.63) is 29.3 Å². The van der Waals surface area contributed by atoms with Crippen LogP contribution in [0.25, 0.3) is 0 Å². The highest BCUT2D eigenvalue weighted by atomic mass is 15.3. The van der Waals surface area contributed by atoms with E-state index in [0.717, 1.165) is 19.6 Å². The van der Waals surface area contributed by atoms with Crippen molar-refractivity contribution in [1.29, 1.82) is 0 Å². The first-order chi connectivity index (χ1) is 9.29. The Morgan fingerprint density at radius 3 is 3.05 bits per heavy atom. The quantitative estimate of drug-likeness (QED) is 0.874. The number of nitrogens with one attached hydrogen (secondary N) is 1. The molecule has 1 saturated heterocycles. The second kappa shape index (κ2) is 5.51. The molecular weight excluding hydrogens is 234 g/mol. The predicted molar refractivity (Wildman–Crippen MR) is 80.8 cm³/mol. The molecule has 19 heavy (non-hydrogen) atoms. The van der Waals surface area contributed by atoms with Crippen LogP contribution in [-0.2, 0) is 13.0 Å². The largest absolute Gasteiger partial charge is 0.368 e. The number of nitrogens with zero attached hydrogens (tertiary/aromatic N) is 2. The Kier molecular flexibility index (Phi) is 3.76. The lowest BCUT2D eigenvalue weighted by molar-refractivity contribution is 0.213. The summed E-state index contributed by atoms with van der Waals surface area (Å²) >= 11 is 0. The maximum atomic E-state index is 3.52. The van der Waals surface area contributed by atoms with Crippen molar-refractivity contribution in [3.63, 3.8) is 0 Å². The van der Waals surface area contributed by atoms with Gasteiger partial charge in [-0.2, -0.15) is 0 Å². The standard InChI is InChI=1S/C16H25N3/c1-3-14-12-19(10-9-18(14)2)16-6-4-5-13-7-8-17-11-15(13)16/h4-6,14,17H,3,7-12H2,1-2H3. The molecule has 104 valence electrons. The summed E-state index contributed by atoms with van der Waals surface area (Å²) in [5, 5.41) is 3.52. The number of hydrogen-bond acceptors (Lipinski definition) is 3. The molecule has 0 amide bonds. The van der Waals surface area contributed by atoms with Crippen LogP contribution in [0.5, 0.6) is 0 Å². The summed E-state index contributed by atoms with van der Waals surface area (Å²) < 4.78 is 0. The number of anilines is 1. The summed E-state index contributed by atoms with van der Waals surface area (Å²) in [7, 11) is 2.26. The van der Waals surface area contributed by atoms with Crippen LogP contribution < -0.4 is 10.2 Å². The molecule has 1 aromatic rings. The predicted octanol–water partition coefficient (Wildman–Crippen LogP) is 1.86. The number of hydrogen-bond donors (Lipinski definition) is 1. The molecule has 1 unspecified atom stereocenters. The van der Waals surface area contributed by atoms with E-state index >= 15 is 0 Å². The zero-order chi connectivity index (χ0) is 13.2. The SMILES string of the molecule is CCC1CN(c2cccc3c2CNCC3)CCN1C. The number of fused-ring (bicyclic) bond motifs is 1. The van der Waals surface area contributed by atoms with Gasteiger partial charge in [-0.15, -0.1) is 0 Å².